The molecule has 0 unspecified atom stereocenters. The van der Waals surface area contributed by atoms with Crippen molar-refractivity contribution in [2.45, 2.75) is 19.8 Å². The smallest absolute Gasteiger partial charge is 0.223 e. The molecule has 3 heteroatoms. The van der Waals surface area contributed by atoms with E-state index in [1.54, 1.807) is 0 Å². The standard InChI is InChI=1S/C8H15NO2/c1-2-11-6-5-9-8(10)7-3-4-7/h7H,2-6H2,1H3,(H,9,10). The molecule has 1 aliphatic rings. The number of nitrogens with one attached hydrogen (secondary N) is 1. The van der Waals surface area contributed by atoms with E-state index in [2.05, 4.69) is 5.32 Å². The van der Waals surface area contributed by atoms with Crippen LogP contribution in [0.4, 0.5) is 0 Å². The third kappa shape index (κ3) is 3.37. The van der Waals surface area contributed by atoms with Crippen LogP contribution >= 0.6 is 0 Å². The molecule has 1 aliphatic carbocycles. The van der Waals surface area contributed by atoms with E-state index in [4.69, 9.17) is 4.74 Å². The van der Waals surface area contributed by atoms with E-state index in [0.29, 0.717) is 19.1 Å². The number of rotatable bonds is 5. The van der Waals surface area contributed by atoms with Crippen molar-refractivity contribution in [2.75, 3.05) is 19.8 Å². The zero-order valence-corrected chi connectivity index (χ0v) is 6.93. The first-order chi connectivity index (χ1) is 5.34. The Hall–Kier alpha value is -0.570. The average molecular weight is 157 g/mol. The lowest BCUT2D eigenvalue weighted by molar-refractivity contribution is -0.122. The van der Waals surface area contributed by atoms with Crippen molar-refractivity contribution in [1.82, 2.24) is 5.32 Å². The van der Waals surface area contributed by atoms with Crippen molar-refractivity contribution in [2.24, 2.45) is 5.92 Å². The molecule has 1 rings (SSSR count). The quantitative estimate of drug-likeness (QED) is 0.592. The Morgan fingerprint density at radius 3 is 2.91 bits per heavy atom. The summed E-state index contributed by atoms with van der Waals surface area (Å²) < 4.78 is 5.07. The molecular weight excluding hydrogens is 142 g/mol. The highest BCUT2D eigenvalue weighted by Gasteiger charge is 2.28. The summed E-state index contributed by atoms with van der Waals surface area (Å²) in [5.41, 5.74) is 0. The Kier molecular flexibility index (Phi) is 3.36. The minimum atomic E-state index is 0.199. The lowest BCUT2D eigenvalue weighted by Crippen LogP contribution is -2.28. The molecule has 0 saturated heterocycles. The van der Waals surface area contributed by atoms with Crippen molar-refractivity contribution in [3.8, 4) is 0 Å². The maximum atomic E-state index is 11.0. The summed E-state index contributed by atoms with van der Waals surface area (Å²) in [4.78, 5) is 11.0. The second kappa shape index (κ2) is 4.34. The fourth-order valence-electron chi connectivity index (χ4n) is 0.881. The van der Waals surface area contributed by atoms with Crippen LogP contribution in [0, 0.1) is 5.92 Å². The van der Waals surface area contributed by atoms with Gasteiger partial charge in [0.2, 0.25) is 5.91 Å². The molecule has 1 fully saturated rings. The van der Waals surface area contributed by atoms with Crippen molar-refractivity contribution in [1.29, 1.82) is 0 Å². The van der Waals surface area contributed by atoms with Gasteiger partial charge in [0.25, 0.3) is 0 Å². The first-order valence-electron chi connectivity index (χ1n) is 4.20. The molecule has 0 aromatic carbocycles. The van der Waals surface area contributed by atoms with Gasteiger partial charge in [0.15, 0.2) is 0 Å². The molecule has 1 N–H and O–H groups in total. The largest absolute Gasteiger partial charge is 0.380 e. The van der Waals surface area contributed by atoms with E-state index in [1.165, 1.54) is 0 Å². The van der Waals surface area contributed by atoms with E-state index >= 15 is 0 Å². The molecule has 0 spiro atoms. The molecule has 3 nitrogen and oxygen atoms in total. The highest BCUT2D eigenvalue weighted by atomic mass is 16.5. The van der Waals surface area contributed by atoms with Gasteiger partial charge in [-0.3, -0.25) is 4.79 Å². The lowest BCUT2D eigenvalue weighted by atomic mass is 10.4. The minimum Gasteiger partial charge on any atom is -0.380 e. The molecule has 0 aromatic heterocycles. The zero-order chi connectivity index (χ0) is 8.10. The number of carbonyl (C=O) groups is 1. The van der Waals surface area contributed by atoms with Gasteiger partial charge in [-0.15, -0.1) is 0 Å². The number of hydrogen-bond donors (Lipinski definition) is 1. The van der Waals surface area contributed by atoms with Crippen LogP contribution < -0.4 is 5.32 Å². The van der Waals surface area contributed by atoms with E-state index in [-0.39, 0.29) is 5.91 Å². The summed E-state index contributed by atoms with van der Waals surface area (Å²) in [6.07, 6.45) is 2.14. The van der Waals surface area contributed by atoms with Gasteiger partial charge in [0.05, 0.1) is 6.61 Å². The molecule has 0 radical (unpaired) electrons. The second-order valence-electron chi connectivity index (χ2n) is 2.76. The van der Waals surface area contributed by atoms with Gasteiger partial charge in [-0.1, -0.05) is 0 Å². The lowest BCUT2D eigenvalue weighted by Gasteiger charge is -2.02. The van der Waals surface area contributed by atoms with E-state index in [1.807, 2.05) is 6.92 Å². The zero-order valence-electron chi connectivity index (χ0n) is 6.93. The summed E-state index contributed by atoms with van der Waals surface area (Å²) in [5, 5.41) is 2.82. The molecule has 1 amide bonds. The molecule has 64 valence electrons. The molecule has 1 saturated carbocycles. The SMILES string of the molecule is CCOCCNC(=O)C1CC1. The maximum absolute atomic E-state index is 11.0. The topological polar surface area (TPSA) is 38.3 Å². The fourth-order valence-corrected chi connectivity index (χ4v) is 0.881. The van der Waals surface area contributed by atoms with Gasteiger partial charge in [0.1, 0.15) is 0 Å². The monoisotopic (exact) mass is 157 g/mol. The molecule has 0 aliphatic heterocycles. The van der Waals surface area contributed by atoms with Gasteiger partial charge in [-0.25, -0.2) is 0 Å². The third-order valence-corrected chi connectivity index (χ3v) is 1.70. The molecule has 11 heavy (non-hydrogen) atoms. The third-order valence-electron chi connectivity index (χ3n) is 1.70. The fraction of sp³-hybridized carbons (Fsp3) is 0.875. The molecule has 0 bridgehead atoms. The van der Waals surface area contributed by atoms with E-state index in [0.717, 1.165) is 19.4 Å². The van der Waals surface area contributed by atoms with Gasteiger partial charge in [-0.2, -0.15) is 0 Å². The Labute approximate surface area is 67.1 Å². The number of hydrogen-bond acceptors (Lipinski definition) is 2. The summed E-state index contributed by atoms with van der Waals surface area (Å²) in [6.45, 7) is 3.96. The maximum Gasteiger partial charge on any atom is 0.223 e. The number of carbonyl (C=O) groups excluding carboxylic acids is 1. The van der Waals surface area contributed by atoms with Gasteiger partial charge < -0.3 is 10.1 Å². The van der Waals surface area contributed by atoms with Crippen LogP contribution in [0.1, 0.15) is 19.8 Å². The van der Waals surface area contributed by atoms with Crippen LogP contribution in [-0.2, 0) is 9.53 Å². The van der Waals surface area contributed by atoms with Crippen molar-refractivity contribution < 1.29 is 9.53 Å². The van der Waals surface area contributed by atoms with Gasteiger partial charge >= 0.3 is 0 Å². The van der Waals surface area contributed by atoms with Gasteiger partial charge in [0, 0.05) is 19.1 Å². The molecular formula is C8H15NO2. The van der Waals surface area contributed by atoms with E-state index < -0.39 is 0 Å². The van der Waals surface area contributed by atoms with Crippen LogP contribution in [-0.4, -0.2) is 25.7 Å². The second-order valence-corrected chi connectivity index (χ2v) is 2.76. The van der Waals surface area contributed by atoms with Crippen LogP contribution in [0.3, 0.4) is 0 Å². The Morgan fingerprint density at radius 1 is 1.64 bits per heavy atom. The highest BCUT2D eigenvalue weighted by molar-refractivity contribution is 5.80. The summed E-state index contributed by atoms with van der Waals surface area (Å²) in [5.74, 6) is 0.515. The van der Waals surface area contributed by atoms with Crippen molar-refractivity contribution >= 4 is 5.91 Å². The summed E-state index contributed by atoms with van der Waals surface area (Å²) >= 11 is 0. The predicted octanol–water partition coefficient (Wildman–Crippen LogP) is 0.549. The van der Waals surface area contributed by atoms with E-state index in [9.17, 15) is 4.79 Å². The van der Waals surface area contributed by atoms with Crippen molar-refractivity contribution in [3.63, 3.8) is 0 Å². The molecule has 0 atom stereocenters. The number of ether oxygens (including phenoxy) is 1. The molecule has 0 aromatic rings. The average Bonchev–Trinajstić information content (AvgIpc) is 2.79. The Balaban J connectivity index is 1.89. The predicted molar refractivity (Wildman–Crippen MR) is 42.2 cm³/mol. The highest BCUT2D eigenvalue weighted by Crippen LogP contribution is 2.28. The first kappa shape index (κ1) is 8.53. The van der Waals surface area contributed by atoms with Crippen molar-refractivity contribution in [3.05, 3.63) is 0 Å². The van der Waals surface area contributed by atoms with Crippen LogP contribution in [0.5, 0.6) is 0 Å². The summed E-state index contributed by atoms with van der Waals surface area (Å²) in [6, 6.07) is 0. The molecule has 0 heterocycles. The minimum absolute atomic E-state index is 0.199. The normalized spacial score (nSPS) is 16.5. The van der Waals surface area contributed by atoms with Gasteiger partial charge in [-0.05, 0) is 19.8 Å². The first-order valence-corrected chi connectivity index (χ1v) is 4.20. The van der Waals surface area contributed by atoms with Crippen LogP contribution in [0.25, 0.3) is 0 Å². The van der Waals surface area contributed by atoms with Crippen LogP contribution in [0.2, 0.25) is 0 Å². The summed E-state index contributed by atoms with van der Waals surface area (Å²) in [7, 11) is 0. The Bertz CT molecular complexity index is 132. The van der Waals surface area contributed by atoms with Crippen LogP contribution in [0.15, 0.2) is 0 Å². The Morgan fingerprint density at radius 2 is 2.36 bits per heavy atom. The number of amides is 1.